The topological polar surface area (TPSA) is 121 Å². The van der Waals surface area contributed by atoms with Gasteiger partial charge in [0.25, 0.3) is 5.78 Å². The number of aliphatic hydroxyl groups excluding tert-OH is 1. The quantitative estimate of drug-likeness (QED) is 0.0914. The lowest BCUT2D eigenvalue weighted by Crippen LogP contribution is -2.29. The number of ketones is 1. The number of phenols is 1. The number of imidazole rings is 1. The summed E-state index contributed by atoms with van der Waals surface area (Å²) in [5, 5.41) is 30.2. The molecule has 0 aliphatic carbocycles. The lowest BCUT2D eigenvalue weighted by molar-refractivity contribution is -0.132. The molecule has 2 N–H and O–H groups in total. The summed E-state index contributed by atoms with van der Waals surface area (Å²) in [6, 6.07) is 18.8. The molecular weight excluding hydrogens is 546 g/mol. The summed E-state index contributed by atoms with van der Waals surface area (Å²) in [5.74, 6) is -1.30. The van der Waals surface area contributed by atoms with Gasteiger partial charge in [-0.05, 0) is 49.2 Å². The predicted octanol–water partition coefficient (Wildman–Crippen LogP) is 5.43. The highest BCUT2D eigenvalue weighted by Gasteiger charge is 2.48. The van der Waals surface area contributed by atoms with E-state index in [2.05, 4.69) is 27.3 Å². The number of aromatic hydroxyl groups is 1. The maximum atomic E-state index is 13.5. The Labute approximate surface area is 237 Å². The van der Waals surface area contributed by atoms with Crippen LogP contribution in [0, 0.1) is 13.8 Å². The minimum absolute atomic E-state index is 0.0315. The average Bonchev–Trinajstić information content (AvgIpc) is 3.62. The number of thioether (sulfide) groups is 1. The number of rotatable bonds is 6. The number of aromatic nitrogens is 4. The number of nitrogens with zero attached hydrogens (tertiary/aromatic N) is 5. The molecule has 1 aliphatic rings. The fraction of sp³-hybridized carbons (Fsp3) is 0.138. The Morgan fingerprint density at radius 1 is 1.00 bits per heavy atom. The number of hydrogen-bond acceptors (Lipinski definition) is 9. The Kier molecular flexibility index (Phi) is 6.60. The molecule has 11 heteroatoms. The number of aryl methyl sites for hydroxylation is 2. The van der Waals surface area contributed by atoms with Gasteiger partial charge in [-0.25, -0.2) is 4.98 Å². The second-order valence-electron chi connectivity index (χ2n) is 9.36. The van der Waals surface area contributed by atoms with Crippen LogP contribution in [0.25, 0.3) is 11.4 Å². The zero-order valence-corrected chi connectivity index (χ0v) is 23.1. The SMILES string of the molecule is Cc1ccc(CSc2nnc(N3C(=O)C(=O)C(=C(O)c4c(C)nc5ccccn45)C3c3ccc(O)cc3)s2)cc1. The maximum Gasteiger partial charge on any atom is 0.301 e. The smallest absolute Gasteiger partial charge is 0.301 e. The second kappa shape index (κ2) is 10.2. The van der Waals surface area contributed by atoms with Crippen molar-refractivity contribution in [2.45, 2.75) is 30.0 Å². The number of hydrogen-bond donors (Lipinski definition) is 2. The molecule has 4 heterocycles. The number of carbonyl (C=O) groups excluding carboxylic acids is 2. The fourth-order valence-corrected chi connectivity index (χ4v) is 6.54. The molecule has 3 aromatic heterocycles. The first-order valence-electron chi connectivity index (χ1n) is 12.4. The van der Waals surface area contributed by atoms with Gasteiger partial charge in [-0.3, -0.25) is 18.9 Å². The van der Waals surface area contributed by atoms with Crippen molar-refractivity contribution in [2.24, 2.45) is 0 Å². The highest BCUT2D eigenvalue weighted by Crippen LogP contribution is 2.44. The number of anilines is 1. The second-order valence-corrected chi connectivity index (χ2v) is 11.5. The summed E-state index contributed by atoms with van der Waals surface area (Å²) in [4.78, 5) is 32.8. The molecule has 40 heavy (non-hydrogen) atoms. The van der Waals surface area contributed by atoms with E-state index in [0.29, 0.717) is 32.7 Å². The van der Waals surface area contributed by atoms with Crippen molar-refractivity contribution in [1.82, 2.24) is 19.6 Å². The van der Waals surface area contributed by atoms with E-state index in [4.69, 9.17) is 0 Å². The van der Waals surface area contributed by atoms with Crippen LogP contribution in [0.2, 0.25) is 0 Å². The summed E-state index contributed by atoms with van der Waals surface area (Å²) in [6.45, 7) is 3.76. The molecule has 0 spiro atoms. The van der Waals surface area contributed by atoms with Gasteiger partial charge in [0.1, 0.15) is 17.1 Å². The standard InChI is InChI=1S/C29H23N5O4S2/c1-16-6-8-18(9-7-16)15-39-29-32-31-28(40-29)34-24(19-10-12-20(35)13-11-19)22(26(37)27(34)38)25(36)23-17(2)30-21-5-3-4-14-33(21)23/h3-14,24,35-36H,15H2,1-2H3. The molecule has 1 atom stereocenters. The molecule has 9 nitrogen and oxygen atoms in total. The summed E-state index contributed by atoms with van der Waals surface area (Å²) in [6.07, 6.45) is 1.73. The molecule has 2 aromatic carbocycles. The number of benzene rings is 2. The fourth-order valence-electron chi connectivity index (χ4n) is 4.72. The Morgan fingerprint density at radius 2 is 1.75 bits per heavy atom. The summed E-state index contributed by atoms with van der Waals surface area (Å²) in [5.41, 5.74) is 4.16. The molecule has 200 valence electrons. The van der Waals surface area contributed by atoms with E-state index in [1.165, 1.54) is 45.7 Å². The van der Waals surface area contributed by atoms with E-state index < -0.39 is 17.7 Å². The van der Waals surface area contributed by atoms with E-state index >= 15 is 0 Å². The number of pyridine rings is 1. The van der Waals surface area contributed by atoms with Crippen molar-refractivity contribution in [3.63, 3.8) is 0 Å². The monoisotopic (exact) mass is 569 g/mol. The number of amides is 1. The number of aliphatic hydroxyl groups is 1. The minimum Gasteiger partial charge on any atom is -0.508 e. The van der Waals surface area contributed by atoms with Gasteiger partial charge in [-0.1, -0.05) is 71.1 Å². The van der Waals surface area contributed by atoms with Crippen molar-refractivity contribution < 1.29 is 19.8 Å². The minimum atomic E-state index is -0.989. The van der Waals surface area contributed by atoms with Crippen LogP contribution in [0.4, 0.5) is 5.13 Å². The van der Waals surface area contributed by atoms with E-state index in [1.54, 1.807) is 41.8 Å². The predicted molar refractivity (Wildman–Crippen MR) is 153 cm³/mol. The molecule has 1 fully saturated rings. The van der Waals surface area contributed by atoms with Crippen LogP contribution in [-0.4, -0.2) is 41.5 Å². The third kappa shape index (κ3) is 4.52. The highest BCUT2D eigenvalue weighted by molar-refractivity contribution is 8.00. The first-order valence-corrected chi connectivity index (χ1v) is 14.2. The Hall–Kier alpha value is -4.48. The van der Waals surface area contributed by atoms with Gasteiger partial charge in [-0.2, -0.15) is 0 Å². The van der Waals surface area contributed by atoms with Gasteiger partial charge in [0.05, 0.1) is 17.3 Å². The largest absolute Gasteiger partial charge is 0.508 e. The molecule has 1 aliphatic heterocycles. The molecule has 1 amide bonds. The number of carbonyl (C=O) groups is 2. The van der Waals surface area contributed by atoms with Gasteiger partial charge >= 0.3 is 5.91 Å². The van der Waals surface area contributed by atoms with Crippen LogP contribution in [-0.2, 0) is 15.3 Å². The van der Waals surface area contributed by atoms with E-state index in [0.717, 1.165) is 5.56 Å². The van der Waals surface area contributed by atoms with E-state index in [-0.39, 0.29) is 22.2 Å². The average molecular weight is 570 g/mol. The molecule has 1 unspecified atom stereocenters. The van der Waals surface area contributed by atoms with Crippen LogP contribution in [0.1, 0.15) is 34.1 Å². The van der Waals surface area contributed by atoms with E-state index in [9.17, 15) is 19.8 Å². The zero-order chi connectivity index (χ0) is 28.0. The van der Waals surface area contributed by atoms with Crippen molar-refractivity contribution in [3.05, 3.63) is 107 Å². The van der Waals surface area contributed by atoms with Gasteiger partial charge in [0.15, 0.2) is 10.1 Å². The van der Waals surface area contributed by atoms with Crippen molar-refractivity contribution in [2.75, 3.05) is 4.90 Å². The van der Waals surface area contributed by atoms with Crippen LogP contribution >= 0.6 is 23.1 Å². The van der Waals surface area contributed by atoms with Crippen molar-refractivity contribution in [3.8, 4) is 5.75 Å². The number of Topliss-reactive ketones (excluding diaryl/α,β-unsaturated/α-hetero) is 1. The summed E-state index contributed by atoms with van der Waals surface area (Å²) < 4.78 is 2.32. The molecular formula is C29H23N5O4S2. The molecule has 6 rings (SSSR count). The van der Waals surface area contributed by atoms with Gasteiger partial charge in [-0.15, -0.1) is 10.2 Å². The van der Waals surface area contributed by atoms with Crippen LogP contribution in [0.15, 0.2) is 82.8 Å². The third-order valence-electron chi connectivity index (χ3n) is 6.67. The Morgan fingerprint density at radius 3 is 2.50 bits per heavy atom. The molecule has 1 saturated heterocycles. The lowest BCUT2D eigenvalue weighted by atomic mass is 9.96. The van der Waals surface area contributed by atoms with Crippen LogP contribution < -0.4 is 4.90 Å². The Bertz CT molecular complexity index is 1790. The highest BCUT2D eigenvalue weighted by atomic mass is 32.2. The summed E-state index contributed by atoms with van der Waals surface area (Å²) >= 11 is 2.68. The van der Waals surface area contributed by atoms with Gasteiger partial charge < -0.3 is 10.2 Å². The molecule has 5 aromatic rings. The third-order valence-corrected chi connectivity index (χ3v) is 8.79. The maximum absolute atomic E-state index is 13.5. The first kappa shape index (κ1) is 25.8. The summed E-state index contributed by atoms with van der Waals surface area (Å²) in [7, 11) is 0. The Balaban J connectivity index is 1.43. The van der Waals surface area contributed by atoms with Crippen LogP contribution in [0.5, 0.6) is 5.75 Å². The molecule has 0 radical (unpaired) electrons. The number of phenolic OH excluding ortho intramolecular Hbond substituents is 1. The zero-order valence-electron chi connectivity index (χ0n) is 21.5. The molecule has 0 saturated carbocycles. The van der Waals surface area contributed by atoms with Crippen molar-refractivity contribution in [1.29, 1.82) is 0 Å². The molecule has 0 bridgehead atoms. The van der Waals surface area contributed by atoms with E-state index in [1.807, 2.05) is 25.1 Å². The van der Waals surface area contributed by atoms with Gasteiger partial charge in [0.2, 0.25) is 5.13 Å². The lowest BCUT2D eigenvalue weighted by Gasteiger charge is -2.22. The van der Waals surface area contributed by atoms with Crippen molar-refractivity contribution >= 4 is 51.3 Å². The normalized spacial score (nSPS) is 16.8. The van der Waals surface area contributed by atoms with Crippen LogP contribution in [0.3, 0.4) is 0 Å². The number of fused-ring (bicyclic) bond motifs is 1. The van der Waals surface area contributed by atoms with Gasteiger partial charge in [0, 0.05) is 11.9 Å². The first-order chi connectivity index (χ1) is 19.3.